The Bertz CT molecular complexity index is 1360. The highest BCUT2D eigenvalue weighted by atomic mass is 19.1. The molecule has 0 radical (unpaired) electrons. The molecule has 1 saturated heterocycles. The highest BCUT2D eigenvalue weighted by Crippen LogP contribution is 2.21. The molecular weight excluding hydrogens is 537 g/mol. The molecule has 3 aromatic carbocycles. The van der Waals surface area contributed by atoms with Gasteiger partial charge in [0.1, 0.15) is 11.6 Å². The highest BCUT2D eigenvalue weighted by molar-refractivity contribution is 6.00. The second-order valence-electron chi connectivity index (χ2n) is 10.6. The van der Waals surface area contributed by atoms with Crippen LogP contribution in [0.2, 0.25) is 0 Å². The number of nitrogens with two attached hydrogens (primary N) is 1. The number of carbonyl (C=O) groups is 3. The van der Waals surface area contributed by atoms with Crippen molar-refractivity contribution in [1.82, 2.24) is 15.5 Å². The fourth-order valence-electron chi connectivity index (χ4n) is 4.93. The van der Waals surface area contributed by atoms with Crippen LogP contribution in [-0.2, 0) is 11.2 Å². The molecule has 3 atom stereocenters. The molecule has 0 bridgehead atoms. The molecule has 222 valence electrons. The van der Waals surface area contributed by atoms with Crippen LogP contribution in [0.25, 0.3) is 0 Å². The van der Waals surface area contributed by atoms with Gasteiger partial charge in [-0.3, -0.25) is 14.4 Å². The van der Waals surface area contributed by atoms with Gasteiger partial charge in [-0.15, -0.1) is 0 Å². The maximum atomic E-state index is 13.6. The van der Waals surface area contributed by atoms with Crippen molar-refractivity contribution >= 4 is 23.4 Å². The number of halogens is 1. The van der Waals surface area contributed by atoms with Crippen molar-refractivity contribution in [3.63, 3.8) is 0 Å². The maximum Gasteiger partial charge on any atom is 0.254 e. The minimum Gasteiger partial charge on any atom is -0.497 e. The number of benzene rings is 3. The topological polar surface area (TPSA) is 126 Å². The first-order valence-corrected chi connectivity index (χ1v) is 14.1. The Morgan fingerprint density at radius 2 is 1.67 bits per heavy atom. The molecule has 0 saturated carbocycles. The number of carbonyl (C=O) groups excluding carboxylic acids is 3. The normalized spacial score (nSPS) is 15.3. The number of anilines is 1. The second kappa shape index (κ2) is 14.6. The molecule has 5 N–H and O–H groups in total. The second-order valence-corrected chi connectivity index (χ2v) is 10.6. The van der Waals surface area contributed by atoms with Crippen LogP contribution in [0.3, 0.4) is 0 Å². The predicted octanol–water partition coefficient (Wildman–Crippen LogP) is 3.21. The van der Waals surface area contributed by atoms with Crippen LogP contribution in [0.1, 0.15) is 39.6 Å². The molecule has 1 heterocycles. The summed E-state index contributed by atoms with van der Waals surface area (Å²) in [4.78, 5) is 41.4. The molecule has 1 fully saturated rings. The lowest BCUT2D eigenvalue weighted by molar-refractivity contribution is -0.119. The van der Waals surface area contributed by atoms with E-state index in [4.69, 9.17) is 10.5 Å². The zero-order valence-electron chi connectivity index (χ0n) is 23.9. The average Bonchev–Trinajstić information content (AvgIpc) is 3.02. The summed E-state index contributed by atoms with van der Waals surface area (Å²) in [6, 6.07) is 18.9. The number of rotatable bonds is 11. The molecule has 1 aliphatic rings. The molecule has 3 amide bonds. The SMILES string of the molecule is COc1cc(C(=O)N[C@@H](Cc2ccccc2)[C@@H](N)C[C@@H](C)C(=O)Nc2ccc(F)cc2)cc(C(=O)N2CCNCC2)c1. The van der Waals surface area contributed by atoms with Crippen LogP contribution in [0, 0.1) is 11.7 Å². The number of hydrogen-bond donors (Lipinski definition) is 4. The van der Waals surface area contributed by atoms with Gasteiger partial charge in [0.05, 0.1) is 7.11 Å². The monoisotopic (exact) mass is 575 g/mol. The van der Waals surface area contributed by atoms with E-state index in [1.165, 1.54) is 31.4 Å². The molecule has 10 heteroatoms. The molecule has 0 aromatic heterocycles. The van der Waals surface area contributed by atoms with E-state index in [0.29, 0.717) is 49.6 Å². The Balaban J connectivity index is 1.50. The lowest BCUT2D eigenvalue weighted by Gasteiger charge is -2.28. The minimum atomic E-state index is -0.573. The number of amides is 3. The van der Waals surface area contributed by atoms with Crippen LogP contribution in [0.5, 0.6) is 5.75 Å². The van der Waals surface area contributed by atoms with Crippen LogP contribution in [-0.4, -0.2) is 68.0 Å². The summed E-state index contributed by atoms with van der Waals surface area (Å²) < 4.78 is 18.7. The zero-order chi connectivity index (χ0) is 30.1. The van der Waals surface area contributed by atoms with Crippen LogP contribution in [0.4, 0.5) is 10.1 Å². The predicted molar refractivity (Wildman–Crippen MR) is 160 cm³/mol. The number of nitrogens with one attached hydrogen (secondary N) is 3. The van der Waals surface area contributed by atoms with E-state index < -0.39 is 23.9 Å². The lowest BCUT2D eigenvalue weighted by Crippen LogP contribution is -2.50. The van der Waals surface area contributed by atoms with Crippen molar-refractivity contribution in [1.29, 1.82) is 0 Å². The van der Waals surface area contributed by atoms with Crippen molar-refractivity contribution in [3.8, 4) is 5.75 Å². The lowest BCUT2D eigenvalue weighted by atomic mass is 9.91. The molecular formula is C32H38FN5O4. The third kappa shape index (κ3) is 8.37. The highest BCUT2D eigenvalue weighted by Gasteiger charge is 2.27. The van der Waals surface area contributed by atoms with Crippen molar-refractivity contribution in [2.75, 3.05) is 38.6 Å². The maximum absolute atomic E-state index is 13.6. The molecule has 9 nitrogen and oxygen atoms in total. The van der Waals surface area contributed by atoms with Crippen molar-refractivity contribution < 1.29 is 23.5 Å². The molecule has 0 spiro atoms. The van der Waals surface area contributed by atoms with Crippen molar-refractivity contribution in [2.24, 2.45) is 11.7 Å². The summed E-state index contributed by atoms with van der Waals surface area (Å²) in [5.41, 5.74) is 8.75. The molecule has 0 unspecified atom stereocenters. The first-order valence-electron chi connectivity index (χ1n) is 14.1. The van der Waals surface area contributed by atoms with Crippen LogP contribution in [0.15, 0.2) is 72.8 Å². The van der Waals surface area contributed by atoms with Gasteiger partial charge in [0.15, 0.2) is 0 Å². The van der Waals surface area contributed by atoms with Gasteiger partial charge >= 0.3 is 0 Å². The summed E-state index contributed by atoms with van der Waals surface area (Å²) in [5.74, 6) is -1.30. The van der Waals surface area contributed by atoms with E-state index in [2.05, 4.69) is 16.0 Å². The van der Waals surface area contributed by atoms with Crippen LogP contribution >= 0.6 is 0 Å². The van der Waals surface area contributed by atoms with E-state index in [-0.39, 0.29) is 29.6 Å². The molecule has 4 rings (SSSR count). The molecule has 0 aliphatic carbocycles. The Morgan fingerprint density at radius 3 is 2.33 bits per heavy atom. The van der Waals surface area contributed by atoms with Gasteiger partial charge in [-0.05, 0) is 60.9 Å². The molecule has 3 aromatic rings. The minimum absolute atomic E-state index is 0.164. The summed E-state index contributed by atoms with van der Waals surface area (Å²) in [5, 5.41) is 9.06. The third-order valence-electron chi connectivity index (χ3n) is 7.37. The van der Waals surface area contributed by atoms with Crippen molar-refractivity contribution in [2.45, 2.75) is 31.8 Å². The van der Waals surface area contributed by atoms with E-state index in [9.17, 15) is 18.8 Å². The first-order chi connectivity index (χ1) is 20.2. The Labute approximate surface area is 245 Å². The van der Waals surface area contributed by atoms with Gasteiger partial charge in [0.25, 0.3) is 11.8 Å². The van der Waals surface area contributed by atoms with Crippen LogP contribution < -0.4 is 26.4 Å². The van der Waals surface area contributed by atoms with Gasteiger partial charge in [-0.1, -0.05) is 37.3 Å². The summed E-state index contributed by atoms with van der Waals surface area (Å²) >= 11 is 0. The third-order valence-corrected chi connectivity index (χ3v) is 7.37. The van der Waals surface area contributed by atoms with E-state index in [0.717, 1.165) is 5.56 Å². The smallest absolute Gasteiger partial charge is 0.254 e. The van der Waals surface area contributed by atoms with Gasteiger partial charge in [-0.2, -0.15) is 0 Å². The number of ether oxygens (including phenoxy) is 1. The number of nitrogens with zero attached hydrogens (tertiary/aromatic N) is 1. The number of hydrogen-bond acceptors (Lipinski definition) is 6. The quantitative estimate of drug-likeness (QED) is 0.278. The Kier molecular flexibility index (Phi) is 10.6. The number of piperazine rings is 1. The summed E-state index contributed by atoms with van der Waals surface area (Å²) in [6.07, 6.45) is 0.728. The summed E-state index contributed by atoms with van der Waals surface area (Å²) in [7, 11) is 1.49. The van der Waals surface area contributed by atoms with E-state index >= 15 is 0 Å². The fraction of sp³-hybridized carbons (Fsp3) is 0.344. The van der Waals surface area contributed by atoms with E-state index in [1.54, 1.807) is 30.0 Å². The largest absolute Gasteiger partial charge is 0.497 e. The molecule has 1 aliphatic heterocycles. The van der Waals surface area contributed by atoms with Gasteiger partial charge < -0.3 is 31.3 Å². The van der Waals surface area contributed by atoms with Gasteiger partial charge in [0, 0.05) is 61.0 Å². The Hall–Kier alpha value is -4.28. The Morgan fingerprint density at radius 1 is 1.00 bits per heavy atom. The van der Waals surface area contributed by atoms with Gasteiger partial charge in [-0.25, -0.2) is 4.39 Å². The van der Waals surface area contributed by atoms with E-state index in [1.807, 2.05) is 30.3 Å². The average molecular weight is 576 g/mol. The zero-order valence-corrected chi connectivity index (χ0v) is 23.9. The molecule has 42 heavy (non-hydrogen) atoms. The standard InChI is InChI=1S/C32H38FN5O4/c1-21(30(39)36-26-10-8-25(33)9-11-26)16-28(34)29(17-22-6-4-3-5-7-22)37-31(40)23-18-24(20-27(19-23)42-2)32(41)38-14-12-35-13-15-38/h3-11,18-21,28-29,35H,12-17,34H2,1-2H3,(H,36,39)(H,37,40)/t21-,28+,29+/m1/s1. The fourth-order valence-corrected chi connectivity index (χ4v) is 4.93. The van der Waals surface area contributed by atoms with Gasteiger partial charge in [0.2, 0.25) is 5.91 Å². The summed E-state index contributed by atoms with van der Waals surface area (Å²) in [6.45, 7) is 4.35. The van der Waals surface area contributed by atoms with Crippen molar-refractivity contribution in [3.05, 3.63) is 95.3 Å². The first kappa shape index (κ1) is 30.7. The number of methoxy groups -OCH3 is 1.